The van der Waals surface area contributed by atoms with Crippen LogP contribution in [0.4, 0.5) is 8.78 Å². The van der Waals surface area contributed by atoms with Crippen LogP contribution in [0.3, 0.4) is 0 Å². The Labute approximate surface area is 197 Å². The molecular formula is C22H23F2N5O4S. The number of benzene rings is 1. The molecule has 180 valence electrons. The van der Waals surface area contributed by atoms with Crippen molar-refractivity contribution in [2.24, 2.45) is 0 Å². The highest BCUT2D eigenvalue weighted by atomic mass is 32.1. The molecule has 0 saturated carbocycles. The summed E-state index contributed by atoms with van der Waals surface area (Å²) in [6.45, 7) is 4.68. The number of hydrazine groups is 1. The second-order valence-corrected chi connectivity index (χ2v) is 9.12. The number of aromatic hydroxyl groups is 1. The van der Waals surface area contributed by atoms with E-state index in [1.54, 1.807) is 12.1 Å². The van der Waals surface area contributed by atoms with Crippen LogP contribution in [0.25, 0.3) is 10.6 Å². The first-order valence-electron chi connectivity index (χ1n) is 10.5. The lowest BCUT2D eigenvalue weighted by Gasteiger charge is -2.42. The van der Waals surface area contributed by atoms with Gasteiger partial charge in [0, 0.05) is 38.4 Å². The average molecular weight is 492 g/mol. The molecule has 0 saturated heterocycles. The first-order chi connectivity index (χ1) is 16.2. The van der Waals surface area contributed by atoms with Gasteiger partial charge in [-0.05, 0) is 25.5 Å². The Balaban J connectivity index is 1.70. The van der Waals surface area contributed by atoms with E-state index in [2.05, 4.69) is 10.2 Å². The molecule has 4 rings (SSSR count). The Morgan fingerprint density at radius 2 is 2.00 bits per heavy atom. The Morgan fingerprint density at radius 1 is 1.24 bits per heavy atom. The highest BCUT2D eigenvalue weighted by Crippen LogP contribution is 2.29. The van der Waals surface area contributed by atoms with Crippen molar-refractivity contribution in [2.75, 3.05) is 20.3 Å². The largest absolute Gasteiger partial charge is 0.503 e. The van der Waals surface area contributed by atoms with Crippen molar-refractivity contribution in [2.45, 2.75) is 33.0 Å². The molecule has 3 aromatic rings. The molecule has 2 aromatic heterocycles. The fourth-order valence-corrected chi connectivity index (χ4v) is 4.69. The lowest BCUT2D eigenvalue weighted by Crippen LogP contribution is -2.56. The monoisotopic (exact) mass is 491 g/mol. The third-order valence-electron chi connectivity index (χ3n) is 5.38. The molecule has 3 heterocycles. The number of halogens is 2. The molecule has 0 fully saturated rings. The van der Waals surface area contributed by atoms with Crippen molar-refractivity contribution >= 4 is 17.2 Å². The van der Waals surface area contributed by atoms with Crippen LogP contribution in [0.1, 0.15) is 34.9 Å². The van der Waals surface area contributed by atoms with Crippen LogP contribution in [0.2, 0.25) is 0 Å². The molecule has 1 amide bonds. The van der Waals surface area contributed by atoms with Gasteiger partial charge in [-0.15, -0.1) is 10.2 Å². The van der Waals surface area contributed by atoms with E-state index >= 15 is 0 Å². The van der Waals surface area contributed by atoms with E-state index < -0.39 is 28.7 Å². The summed E-state index contributed by atoms with van der Waals surface area (Å²) in [6.07, 6.45) is 1.53. The van der Waals surface area contributed by atoms with Crippen LogP contribution in [-0.4, -0.2) is 62.1 Å². The lowest BCUT2D eigenvalue weighted by molar-refractivity contribution is -0.0707. The summed E-state index contributed by atoms with van der Waals surface area (Å²) < 4.78 is 33.8. The number of fused-ring (bicyclic) bond motifs is 1. The molecule has 0 spiro atoms. The van der Waals surface area contributed by atoms with E-state index in [-0.39, 0.29) is 41.0 Å². The van der Waals surface area contributed by atoms with Crippen molar-refractivity contribution in [1.29, 1.82) is 0 Å². The van der Waals surface area contributed by atoms with E-state index in [4.69, 9.17) is 4.74 Å². The minimum atomic E-state index is -0.746. The van der Waals surface area contributed by atoms with Crippen LogP contribution in [-0.2, 0) is 17.8 Å². The van der Waals surface area contributed by atoms with Crippen molar-refractivity contribution in [3.8, 4) is 16.3 Å². The quantitative estimate of drug-likeness (QED) is 0.542. The number of pyridine rings is 1. The topological polar surface area (TPSA) is 101 Å². The molecule has 0 bridgehead atoms. The van der Waals surface area contributed by atoms with Gasteiger partial charge in [0.2, 0.25) is 5.43 Å². The van der Waals surface area contributed by atoms with Crippen LogP contribution in [0, 0.1) is 11.6 Å². The number of ether oxygens (including phenoxy) is 1. The first kappa shape index (κ1) is 23.9. The molecule has 1 N–H and O–H groups in total. The minimum absolute atomic E-state index is 0.0642. The standard InChI is InChI=1S/C22H23F2N5O4S/c1-12(2)29-22(32)18-20(31)19(30)15(10-27(18)11-28(29)6-7-33-3)21-26-25-17(34-21)8-13-4-5-14(23)9-16(13)24/h4-5,9-10,12,31H,6-8,11H2,1-3H3. The zero-order valence-electron chi connectivity index (χ0n) is 18.8. The maximum absolute atomic E-state index is 14.0. The predicted octanol–water partition coefficient (Wildman–Crippen LogP) is 2.63. The van der Waals surface area contributed by atoms with Gasteiger partial charge >= 0.3 is 0 Å². The molecule has 0 unspecified atom stereocenters. The number of hydrogen-bond donors (Lipinski definition) is 1. The van der Waals surface area contributed by atoms with Crippen LogP contribution in [0.5, 0.6) is 5.75 Å². The summed E-state index contributed by atoms with van der Waals surface area (Å²) in [5.41, 5.74) is -0.539. The molecule has 1 aliphatic rings. The van der Waals surface area contributed by atoms with Crippen molar-refractivity contribution in [3.63, 3.8) is 0 Å². The normalized spacial score (nSPS) is 14.2. The van der Waals surface area contributed by atoms with Crippen LogP contribution < -0.4 is 5.43 Å². The van der Waals surface area contributed by atoms with Crippen molar-refractivity contribution in [3.05, 3.63) is 62.5 Å². The Morgan fingerprint density at radius 3 is 2.68 bits per heavy atom. The van der Waals surface area contributed by atoms with Gasteiger partial charge in [-0.1, -0.05) is 17.4 Å². The highest BCUT2D eigenvalue weighted by Gasteiger charge is 2.36. The predicted molar refractivity (Wildman–Crippen MR) is 120 cm³/mol. The lowest BCUT2D eigenvalue weighted by atomic mass is 10.1. The summed E-state index contributed by atoms with van der Waals surface area (Å²) in [6, 6.07) is 3.07. The molecule has 1 aromatic carbocycles. The third kappa shape index (κ3) is 4.43. The number of amides is 1. The SMILES string of the molecule is COCCN1Cn2cc(-c3nnc(Cc4ccc(F)cc4F)s3)c(=O)c(O)c2C(=O)N1C(C)C. The number of methoxy groups -OCH3 is 1. The molecule has 1 aliphatic heterocycles. The second kappa shape index (κ2) is 9.57. The average Bonchev–Trinajstić information content (AvgIpc) is 3.24. The fourth-order valence-electron chi connectivity index (χ4n) is 3.82. The summed E-state index contributed by atoms with van der Waals surface area (Å²) in [5, 5.41) is 22.6. The highest BCUT2D eigenvalue weighted by molar-refractivity contribution is 7.14. The van der Waals surface area contributed by atoms with Crippen LogP contribution >= 0.6 is 11.3 Å². The van der Waals surface area contributed by atoms with Crippen LogP contribution in [0.15, 0.2) is 29.2 Å². The van der Waals surface area contributed by atoms with E-state index in [1.807, 2.05) is 13.8 Å². The van der Waals surface area contributed by atoms with E-state index in [1.165, 1.54) is 21.8 Å². The Bertz CT molecular complexity index is 1290. The molecular weight excluding hydrogens is 468 g/mol. The van der Waals surface area contributed by atoms with Gasteiger partial charge in [0.25, 0.3) is 5.91 Å². The summed E-state index contributed by atoms with van der Waals surface area (Å²) in [7, 11) is 1.56. The summed E-state index contributed by atoms with van der Waals surface area (Å²) >= 11 is 1.05. The molecule has 12 heteroatoms. The summed E-state index contributed by atoms with van der Waals surface area (Å²) in [5.74, 6) is -2.54. The zero-order valence-corrected chi connectivity index (χ0v) is 19.6. The number of rotatable bonds is 7. The van der Waals surface area contributed by atoms with Gasteiger partial charge < -0.3 is 14.4 Å². The number of carbonyl (C=O) groups is 1. The van der Waals surface area contributed by atoms with Gasteiger partial charge in [0.1, 0.15) is 16.6 Å². The van der Waals surface area contributed by atoms with Gasteiger partial charge in [-0.3, -0.25) is 14.6 Å². The van der Waals surface area contributed by atoms with Gasteiger partial charge in [-0.2, -0.15) is 5.01 Å². The first-order valence-corrected chi connectivity index (χ1v) is 11.3. The molecule has 34 heavy (non-hydrogen) atoms. The number of hydrogen-bond acceptors (Lipinski definition) is 8. The zero-order chi connectivity index (χ0) is 24.6. The number of carbonyl (C=O) groups excluding carboxylic acids is 1. The maximum Gasteiger partial charge on any atom is 0.289 e. The second-order valence-electron chi connectivity index (χ2n) is 8.06. The third-order valence-corrected chi connectivity index (χ3v) is 6.34. The van der Waals surface area contributed by atoms with Crippen molar-refractivity contribution < 1.29 is 23.4 Å². The van der Waals surface area contributed by atoms with Gasteiger partial charge in [0.05, 0.1) is 18.8 Å². The number of aromatic nitrogens is 3. The molecule has 0 atom stereocenters. The number of nitrogens with zero attached hydrogens (tertiary/aromatic N) is 5. The summed E-state index contributed by atoms with van der Waals surface area (Å²) in [4.78, 5) is 26.1. The van der Waals surface area contributed by atoms with Crippen molar-refractivity contribution in [1.82, 2.24) is 24.8 Å². The van der Waals surface area contributed by atoms with Gasteiger partial charge in [0.15, 0.2) is 16.5 Å². The minimum Gasteiger partial charge on any atom is -0.503 e. The Hall–Kier alpha value is -3.22. The smallest absolute Gasteiger partial charge is 0.289 e. The van der Waals surface area contributed by atoms with E-state index in [0.717, 1.165) is 23.5 Å². The molecule has 0 radical (unpaired) electrons. The Kier molecular flexibility index (Phi) is 6.73. The van der Waals surface area contributed by atoms with E-state index in [9.17, 15) is 23.5 Å². The molecule has 0 aliphatic carbocycles. The maximum atomic E-state index is 14.0. The van der Waals surface area contributed by atoms with Gasteiger partial charge in [-0.25, -0.2) is 8.78 Å². The fraction of sp³-hybridized carbons (Fsp3) is 0.364. The van der Waals surface area contributed by atoms with E-state index in [0.29, 0.717) is 18.2 Å². The molecule has 9 nitrogen and oxygen atoms in total.